The monoisotopic (exact) mass is 228 g/mol. The van der Waals surface area contributed by atoms with Crippen molar-refractivity contribution in [1.82, 2.24) is 20.0 Å². The standard InChI is InChI=1S/C9H13ClN4O/c10-8-5-12-14(6-8)7-9(15)13-3-1-11-2-4-13/h5-6,11H,1-4,7H2. The maximum atomic E-state index is 11.8. The summed E-state index contributed by atoms with van der Waals surface area (Å²) in [5.74, 6) is 0.0938. The van der Waals surface area contributed by atoms with Crippen LogP contribution in [0.2, 0.25) is 5.02 Å². The van der Waals surface area contributed by atoms with Crippen molar-refractivity contribution in [3.8, 4) is 0 Å². The second-order valence-electron chi connectivity index (χ2n) is 3.49. The molecule has 0 aliphatic carbocycles. The molecule has 15 heavy (non-hydrogen) atoms. The predicted octanol–water partition coefficient (Wildman–Crippen LogP) is -0.0317. The third kappa shape index (κ3) is 2.70. The van der Waals surface area contributed by atoms with E-state index in [2.05, 4.69) is 10.4 Å². The van der Waals surface area contributed by atoms with Crippen molar-refractivity contribution in [2.24, 2.45) is 0 Å². The van der Waals surface area contributed by atoms with Gasteiger partial charge in [-0.2, -0.15) is 5.10 Å². The Balaban J connectivity index is 1.91. The second-order valence-corrected chi connectivity index (χ2v) is 3.92. The van der Waals surface area contributed by atoms with Crippen molar-refractivity contribution in [3.63, 3.8) is 0 Å². The van der Waals surface area contributed by atoms with Gasteiger partial charge in [-0.1, -0.05) is 11.6 Å². The number of rotatable bonds is 2. The van der Waals surface area contributed by atoms with E-state index in [-0.39, 0.29) is 12.5 Å². The molecule has 0 saturated carbocycles. The van der Waals surface area contributed by atoms with Gasteiger partial charge in [-0.15, -0.1) is 0 Å². The highest BCUT2D eigenvalue weighted by Crippen LogP contribution is 2.05. The van der Waals surface area contributed by atoms with Gasteiger partial charge in [0.05, 0.1) is 11.2 Å². The van der Waals surface area contributed by atoms with Crippen LogP contribution in [0.5, 0.6) is 0 Å². The molecule has 0 spiro atoms. The number of aromatic nitrogens is 2. The van der Waals surface area contributed by atoms with Crippen molar-refractivity contribution in [2.45, 2.75) is 6.54 Å². The number of hydrogen-bond acceptors (Lipinski definition) is 3. The Morgan fingerprint density at radius 1 is 1.53 bits per heavy atom. The molecule has 1 aromatic rings. The van der Waals surface area contributed by atoms with Crippen molar-refractivity contribution in [2.75, 3.05) is 26.2 Å². The number of nitrogens with one attached hydrogen (secondary N) is 1. The van der Waals surface area contributed by atoms with E-state index in [1.54, 1.807) is 10.9 Å². The summed E-state index contributed by atoms with van der Waals surface area (Å²) >= 11 is 5.71. The maximum absolute atomic E-state index is 11.8. The van der Waals surface area contributed by atoms with Gasteiger partial charge >= 0.3 is 0 Å². The maximum Gasteiger partial charge on any atom is 0.244 e. The Kier molecular flexibility index (Phi) is 3.23. The Bertz CT molecular complexity index is 346. The van der Waals surface area contributed by atoms with Gasteiger partial charge in [0.1, 0.15) is 6.54 Å². The molecule has 6 heteroatoms. The molecule has 1 aromatic heterocycles. The van der Waals surface area contributed by atoms with Gasteiger partial charge in [0, 0.05) is 32.4 Å². The van der Waals surface area contributed by atoms with Crippen molar-refractivity contribution in [3.05, 3.63) is 17.4 Å². The molecule has 1 aliphatic heterocycles. The molecular formula is C9H13ClN4O. The third-order valence-electron chi connectivity index (χ3n) is 2.37. The summed E-state index contributed by atoms with van der Waals surface area (Å²) in [6.07, 6.45) is 3.19. The second kappa shape index (κ2) is 4.63. The summed E-state index contributed by atoms with van der Waals surface area (Å²) < 4.78 is 1.56. The molecule has 82 valence electrons. The Morgan fingerprint density at radius 3 is 2.87 bits per heavy atom. The fourth-order valence-electron chi connectivity index (χ4n) is 1.58. The molecular weight excluding hydrogens is 216 g/mol. The highest BCUT2D eigenvalue weighted by Gasteiger charge is 2.16. The normalized spacial score (nSPS) is 16.7. The van der Waals surface area contributed by atoms with Crippen LogP contribution in [0.1, 0.15) is 0 Å². The van der Waals surface area contributed by atoms with E-state index in [1.807, 2.05) is 4.90 Å². The summed E-state index contributed by atoms with van der Waals surface area (Å²) in [5.41, 5.74) is 0. The number of carbonyl (C=O) groups excluding carboxylic acids is 1. The Hall–Kier alpha value is -1.07. The molecule has 0 radical (unpaired) electrons. The molecule has 1 aliphatic rings. The molecule has 0 unspecified atom stereocenters. The van der Waals surface area contributed by atoms with E-state index >= 15 is 0 Å². The summed E-state index contributed by atoms with van der Waals surface area (Å²) in [4.78, 5) is 13.6. The first-order valence-corrected chi connectivity index (χ1v) is 5.30. The fourth-order valence-corrected chi connectivity index (χ4v) is 1.73. The first-order valence-electron chi connectivity index (χ1n) is 4.92. The SMILES string of the molecule is O=C(Cn1cc(Cl)cn1)N1CCNCC1. The van der Waals surface area contributed by atoms with Crippen molar-refractivity contribution < 1.29 is 4.79 Å². The Labute approximate surface area is 93.0 Å². The van der Waals surface area contributed by atoms with E-state index < -0.39 is 0 Å². The predicted molar refractivity (Wildman–Crippen MR) is 56.7 cm³/mol. The van der Waals surface area contributed by atoms with Gasteiger partial charge in [-0.25, -0.2) is 0 Å². The number of piperazine rings is 1. The largest absolute Gasteiger partial charge is 0.339 e. The summed E-state index contributed by atoms with van der Waals surface area (Å²) in [5, 5.41) is 7.73. The lowest BCUT2D eigenvalue weighted by Gasteiger charge is -2.27. The highest BCUT2D eigenvalue weighted by molar-refractivity contribution is 6.30. The lowest BCUT2D eigenvalue weighted by atomic mass is 10.3. The molecule has 2 heterocycles. The van der Waals surface area contributed by atoms with Crippen LogP contribution in [-0.4, -0.2) is 46.8 Å². The van der Waals surface area contributed by atoms with E-state index in [9.17, 15) is 4.79 Å². The molecule has 2 rings (SSSR count). The van der Waals surface area contributed by atoms with E-state index in [0.717, 1.165) is 26.2 Å². The van der Waals surface area contributed by atoms with Crippen LogP contribution >= 0.6 is 11.6 Å². The molecule has 5 nitrogen and oxygen atoms in total. The zero-order chi connectivity index (χ0) is 10.7. The van der Waals surface area contributed by atoms with Gasteiger partial charge in [-0.05, 0) is 0 Å². The van der Waals surface area contributed by atoms with Crippen LogP contribution in [0.15, 0.2) is 12.4 Å². The van der Waals surface area contributed by atoms with Gasteiger partial charge in [0.15, 0.2) is 0 Å². The smallest absolute Gasteiger partial charge is 0.244 e. The molecule has 0 aromatic carbocycles. The van der Waals surface area contributed by atoms with Gasteiger partial charge in [0.2, 0.25) is 5.91 Å². The summed E-state index contributed by atoms with van der Waals surface area (Å²) in [6.45, 7) is 3.55. The minimum absolute atomic E-state index is 0.0938. The van der Waals surface area contributed by atoms with E-state index in [1.165, 1.54) is 6.20 Å². The molecule has 0 atom stereocenters. The zero-order valence-electron chi connectivity index (χ0n) is 8.32. The molecule has 1 amide bonds. The number of nitrogens with zero attached hydrogens (tertiary/aromatic N) is 3. The average Bonchev–Trinajstić information content (AvgIpc) is 2.65. The van der Waals surface area contributed by atoms with Crippen LogP contribution < -0.4 is 5.32 Å². The minimum Gasteiger partial charge on any atom is -0.339 e. The lowest BCUT2D eigenvalue weighted by molar-refractivity contribution is -0.132. The van der Waals surface area contributed by atoms with E-state index in [0.29, 0.717) is 5.02 Å². The quantitative estimate of drug-likeness (QED) is 0.774. The molecule has 1 N–H and O–H groups in total. The zero-order valence-corrected chi connectivity index (χ0v) is 9.07. The first kappa shape index (κ1) is 10.4. The first-order chi connectivity index (χ1) is 7.25. The number of hydrogen-bond donors (Lipinski definition) is 1. The van der Waals surface area contributed by atoms with Crippen LogP contribution in [0, 0.1) is 0 Å². The fraction of sp³-hybridized carbons (Fsp3) is 0.556. The number of halogens is 1. The van der Waals surface area contributed by atoms with Gasteiger partial charge < -0.3 is 10.2 Å². The lowest BCUT2D eigenvalue weighted by Crippen LogP contribution is -2.47. The topological polar surface area (TPSA) is 50.2 Å². The van der Waals surface area contributed by atoms with E-state index in [4.69, 9.17) is 11.6 Å². The average molecular weight is 229 g/mol. The van der Waals surface area contributed by atoms with Crippen LogP contribution in [0.25, 0.3) is 0 Å². The number of carbonyl (C=O) groups is 1. The van der Waals surface area contributed by atoms with Gasteiger partial charge in [0.25, 0.3) is 0 Å². The van der Waals surface area contributed by atoms with Crippen molar-refractivity contribution in [1.29, 1.82) is 0 Å². The third-order valence-corrected chi connectivity index (χ3v) is 2.56. The summed E-state index contributed by atoms with van der Waals surface area (Å²) in [7, 11) is 0. The van der Waals surface area contributed by atoms with Crippen LogP contribution in [0.4, 0.5) is 0 Å². The number of amides is 1. The molecule has 0 bridgehead atoms. The van der Waals surface area contributed by atoms with Crippen LogP contribution in [-0.2, 0) is 11.3 Å². The highest BCUT2D eigenvalue weighted by atomic mass is 35.5. The Morgan fingerprint density at radius 2 is 2.27 bits per heavy atom. The summed E-state index contributed by atoms with van der Waals surface area (Å²) in [6, 6.07) is 0. The molecule has 1 fully saturated rings. The van der Waals surface area contributed by atoms with Crippen LogP contribution in [0.3, 0.4) is 0 Å². The minimum atomic E-state index is 0.0938. The van der Waals surface area contributed by atoms with Crippen molar-refractivity contribution >= 4 is 17.5 Å². The van der Waals surface area contributed by atoms with Gasteiger partial charge in [-0.3, -0.25) is 9.48 Å². The molecule has 1 saturated heterocycles.